The molecule has 3 aromatic heterocycles. The minimum Gasteiger partial charge on any atom is -0.384 e. The lowest BCUT2D eigenvalue weighted by Crippen LogP contribution is -2.24. The Morgan fingerprint density at radius 1 is 1.16 bits per heavy atom. The summed E-state index contributed by atoms with van der Waals surface area (Å²) in [6, 6.07) is 10.1. The Morgan fingerprint density at radius 3 is 2.75 bits per heavy atom. The van der Waals surface area contributed by atoms with Crippen molar-refractivity contribution in [1.82, 2.24) is 20.3 Å². The Kier molecular flexibility index (Phi) is 6.01. The molecular formula is C24H21ClFN5O. The average molecular weight is 450 g/mol. The first-order chi connectivity index (χ1) is 15.3. The zero-order chi connectivity index (χ0) is 22.8. The van der Waals surface area contributed by atoms with Gasteiger partial charge in [-0.05, 0) is 66.9 Å². The fourth-order valence-corrected chi connectivity index (χ4v) is 3.86. The van der Waals surface area contributed by atoms with Crippen LogP contribution in [0.15, 0.2) is 48.8 Å². The lowest BCUT2D eigenvalue weighted by Gasteiger charge is -2.12. The van der Waals surface area contributed by atoms with Gasteiger partial charge in [-0.1, -0.05) is 11.6 Å². The zero-order valence-corrected chi connectivity index (χ0v) is 18.4. The zero-order valence-electron chi connectivity index (χ0n) is 17.6. The van der Waals surface area contributed by atoms with Crippen LogP contribution in [0.1, 0.15) is 38.4 Å². The summed E-state index contributed by atoms with van der Waals surface area (Å²) in [4.78, 5) is 25.3. The van der Waals surface area contributed by atoms with Gasteiger partial charge in [-0.25, -0.2) is 9.37 Å². The number of carbonyl (C=O) groups excluding carboxylic acids is 1. The number of anilines is 1. The molecule has 1 aromatic carbocycles. The number of aryl methyl sites for hydroxylation is 2. The van der Waals surface area contributed by atoms with Crippen LogP contribution in [0.5, 0.6) is 0 Å². The maximum Gasteiger partial charge on any atom is 0.251 e. The third-order valence-electron chi connectivity index (χ3n) is 5.23. The van der Waals surface area contributed by atoms with Gasteiger partial charge in [0.2, 0.25) is 0 Å². The van der Waals surface area contributed by atoms with Gasteiger partial charge < -0.3 is 11.1 Å². The van der Waals surface area contributed by atoms with E-state index >= 15 is 0 Å². The highest BCUT2D eigenvalue weighted by Crippen LogP contribution is 2.23. The Balaban J connectivity index is 1.51. The van der Waals surface area contributed by atoms with Gasteiger partial charge in [-0.15, -0.1) is 0 Å². The summed E-state index contributed by atoms with van der Waals surface area (Å²) in [5, 5.41) is 3.97. The molecule has 0 unspecified atom stereocenters. The predicted octanol–water partition coefficient (Wildman–Crippen LogP) is 4.54. The molecule has 0 radical (unpaired) electrons. The number of nitrogens with one attached hydrogen (secondary N) is 1. The van der Waals surface area contributed by atoms with E-state index in [9.17, 15) is 9.18 Å². The van der Waals surface area contributed by atoms with Crippen molar-refractivity contribution in [2.24, 2.45) is 0 Å². The van der Waals surface area contributed by atoms with Crippen LogP contribution in [0.25, 0.3) is 10.9 Å². The summed E-state index contributed by atoms with van der Waals surface area (Å²) in [6.07, 6.45) is 3.35. The highest BCUT2D eigenvalue weighted by Gasteiger charge is 2.12. The Bertz CT molecular complexity index is 1320. The fraction of sp³-hybridized carbons (Fsp3) is 0.167. The van der Waals surface area contributed by atoms with Crippen LogP contribution < -0.4 is 11.1 Å². The normalized spacial score (nSPS) is 11.0. The minimum atomic E-state index is -0.425. The molecule has 3 heterocycles. The van der Waals surface area contributed by atoms with Crippen molar-refractivity contribution in [1.29, 1.82) is 0 Å². The Labute approximate surface area is 189 Å². The van der Waals surface area contributed by atoms with Gasteiger partial charge in [0.1, 0.15) is 17.2 Å². The number of pyridine rings is 3. The summed E-state index contributed by atoms with van der Waals surface area (Å²) < 4.78 is 14.4. The first kappa shape index (κ1) is 21.6. The molecule has 0 saturated carbocycles. The molecule has 0 aliphatic carbocycles. The van der Waals surface area contributed by atoms with Crippen LogP contribution in [0.3, 0.4) is 0 Å². The summed E-state index contributed by atoms with van der Waals surface area (Å²) >= 11 is 5.99. The number of fused-ring (bicyclic) bond motifs is 1. The van der Waals surface area contributed by atoms with Crippen molar-refractivity contribution in [2.45, 2.75) is 26.8 Å². The third-order valence-corrected chi connectivity index (χ3v) is 5.43. The molecule has 3 N–H and O–H groups in total. The predicted molar refractivity (Wildman–Crippen MR) is 123 cm³/mol. The first-order valence-electron chi connectivity index (χ1n) is 9.99. The lowest BCUT2D eigenvalue weighted by molar-refractivity contribution is 0.0950. The molecule has 0 fully saturated rings. The second kappa shape index (κ2) is 8.88. The number of nitrogens with two attached hydrogens (primary N) is 1. The number of hydrogen-bond donors (Lipinski definition) is 2. The Hall–Kier alpha value is -3.58. The number of carbonyl (C=O) groups is 1. The maximum absolute atomic E-state index is 14.4. The Morgan fingerprint density at radius 2 is 1.97 bits per heavy atom. The van der Waals surface area contributed by atoms with Crippen molar-refractivity contribution in [3.8, 4) is 0 Å². The number of amides is 1. The van der Waals surface area contributed by atoms with E-state index in [0.717, 1.165) is 16.8 Å². The number of rotatable bonds is 5. The number of aromatic nitrogens is 3. The maximum atomic E-state index is 14.4. The smallest absolute Gasteiger partial charge is 0.251 e. The highest BCUT2D eigenvalue weighted by atomic mass is 35.5. The van der Waals surface area contributed by atoms with Gasteiger partial charge in [0.05, 0.1) is 5.02 Å². The van der Waals surface area contributed by atoms with Gasteiger partial charge in [0.25, 0.3) is 5.91 Å². The van der Waals surface area contributed by atoms with Gasteiger partial charge in [0.15, 0.2) is 0 Å². The molecule has 0 saturated heterocycles. The van der Waals surface area contributed by atoms with Crippen molar-refractivity contribution in [3.05, 3.63) is 93.3 Å². The highest BCUT2D eigenvalue weighted by molar-refractivity contribution is 6.31. The van der Waals surface area contributed by atoms with Crippen LogP contribution in [0, 0.1) is 19.7 Å². The number of halogens is 2. The molecule has 0 spiro atoms. The van der Waals surface area contributed by atoms with Crippen molar-refractivity contribution < 1.29 is 9.18 Å². The standard InChI is InChI=1S/C24H21ClFN5O/c1-13-5-22(27)31-14(2)20(13)12-30-24(32)16-3-4-28-19(10-16)7-15-6-17-9-18(25)11-29-23(17)21(26)8-15/h3-6,8-11H,7,12H2,1-2H3,(H2,27,31)(H,30,32). The summed E-state index contributed by atoms with van der Waals surface area (Å²) in [7, 11) is 0. The summed E-state index contributed by atoms with van der Waals surface area (Å²) in [5.74, 6) is -0.201. The number of hydrogen-bond acceptors (Lipinski definition) is 5. The molecule has 32 heavy (non-hydrogen) atoms. The molecule has 8 heteroatoms. The number of nitrogens with zero attached hydrogens (tertiary/aromatic N) is 3. The molecule has 162 valence electrons. The third kappa shape index (κ3) is 4.68. The van der Waals surface area contributed by atoms with E-state index in [-0.39, 0.29) is 11.4 Å². The summed E-state index contributed by atoms with van der Waals surface area (Å²) in [5.41, 5.74) is 10.5. The van der Waals surface area contributed by atoms with E-state index in [1.807, 2.05) is 19.9 Å². The molecule has 0 aliphatic rings. The van der Waals surface area contributed by atoms with Gasteiger partial charge in [0, 0.05) is 47.7 Å². The van der Waals surface area contributed by atoms with Crippen LogP contribution in [-0.4, -0.2) is 20.9 Å². The molecule has 0 aliphatic heterocycles. The van der Waals surface area contributed by atoms with Crippen LogP contribution >= 0.6 is 11.6 Å². The molecule has 0 atom stereocenters. The van der Waals surface area contributed by atoms with E-state index in [1.165, 1.54) is 12.3 Å². The molecule has 4 aromatic rings. The van der Waals surface area contributed by atoms with E-state index in [4.69, 9.17) is 17.3 Å². The van der Waals surface area contributed by atoms with E-state index in [0.29, 0.717) is 46.0 Å². The van der Waals surface area contributed by atoms with Gasteiger partial charge >= 0.3 is 0 Å². The van der Waals surface area contributed by atoms with E-state index in [2.05, 4.69) is 20.3 Å². The first-order valence-corrected chi connectivity index (χ1v) is 10.4. The molecule has 4 rings (SSSR count). The van der Waals surface area contributed by atoms with Crippen LogP contribution in [-0.2, 0) is 13.0 Å². The second-order valence-corrected chi connectivity index (χ2v) is 8.06. The average Bonchev–Trinajstić information content (AvgIpc) is 2.72. The topological polar surface area (TPSA) is 93.8 Å². The van der Waals surface area contributed by atoms with Crippen molar-refractivity contribution in [3.63, 3.8) is 0 Å². The molecular weight excluding hydrogens is 429 g/mol. The fourth-order valence-electron chi connectivity index (χ4n) is 3.69. The molecule has 1 amide bonds. The summed E-state index contributed by atoms with van der Waals surface area (Å²) in [6.45, 7) is 4.13. The van der Waals surface area contributed by atoms with Gasteiger partial charge in [-0.3, -0.25) is 14.8 Å². The van der Waals surface area contributed by atoms with E-state index < -0.39 is 5.82 Å². The van der Waals surface area contributed by atoms with Gasteiger partial charge in [-0.2, -0.15) is 0 Å². The number of benzene rings is 1. The molecule has 0 bridgehead atoms. The van der Waals surface area contributed by atoms with E-state index in [1.54, 1.807) is 30.5 Å². The quantitative estimate of drug-likeness (QED) is 0.466. The second-order valence-electron chi connectivity index (χ2n) is 7.63. The minimum absolute atomic E-state index is 0.232. The number of nitrogen functional groups attached to an aromatic ring is 1. The molecule has 6 nitrogen and oxygen atoms in total. The van der Waals surface area contributed by atoms with Crippen LogP contribution in [0.2, 0.25) is 5.02 Å². The van der Waals surface area contributed by atoms with Crippen molar-refractivity contribution in [2.75, 3.05) is 5.73 Å². The van der Waals surface area contributed by atoms with Crippen molar-refractivity contribution >= 4 is 34.2 Å². The largest absolute Gasteiger partial charge is 0.384 e. The van der Waals surface area contributed by atoms with Crippen LogP contribution in [0.4, 0.5) is 10.2 Å². The SMILES string of the molecule is Cc1cc(N)nc(C)c1CNC(=O)c1ccnc(Cc2cc(F)c3ncc(Cl)cc3c2)c1. The monoisotopic (exact) mass is 449 g/mol. The lowest BCUT2D eigenvalue weighted by atomic mass is 10.0.